The van der Waals surface area contributed by atoms with E-state index in [9.17, 15) is 5.11 Å². The zero-order valence-electron chi connectivity index (χ0n) is 34.9. The summed E-state index contributed by atoms with van der Waals surface area (Å²) in [4.78, 5) is 10.5. The smallest absolute Gasteiger partial charge is 0.148 e. The number of hydrogen-bond donors (Lipinski definition) is 1. The zero-order chi connectivity index (χ0) is 40.4. The van der Waals surface area contributed by atoms with Crippen LogP contribution in [-0.2, 0) is 37.3 Å². The van der Waals surface area contributed by atoms with E-state index in [4.69, 9.17) is 9.97 Å². The van der Waals surface area contributed by atoms with Crippen LogP contribution >= 0.6 is 0 Å². The van der Waals surface area contributed by atoms with Crippen LogP contribution in [0, 0.1) is 6.07 Å². The number of fused-ring (bicyclic) bond motifs is 2. The number of pyridine rings is 1. The number of aromatic hydroxyl groups is 1. The number of rotatable bonds is 6. The summed E-state index contributed by atoms with van der Waals surface area (Å²) in [6.07, 6.45) is 3.95. The molecular weight excluding hydrogens is 902 g/mol. The van der Waals surface area contributed by atoms with Gasteiger partial charge in [0.05, 0.1) is 22.3 Å². The van der Waals surface area contributed by atoms with Crippen molar-refractivity contribution in [1.82, 2.24) is 14.5 Å². The molecule has 0 bridgehead atoms. The molecule has 1 N–H and O–H groups in total. The molecule has 0 saturated carbocycles. The van der Waals surface area contributed by atoms with Crippen molar-refractivity contribution < 1.29 is 26.2 Å². The molecule has 2 aromatic heterocycles. The molecule has 0 aliphatic heterocycles. The number of phenols is 1. The molecule has 8 aromatic rings. The molecule has 298 valence electrons. The normalized spacial score (nSPS) is 14.4. The van der Waals surface area contributed by atoms with Gasteiger partial charge >= 0.3 is 0 Å². The van der Waals surface area contributed by atoms with Crippen molar-refractivity contribution in [1.29, 1.82) is 0 Å². The van der Waals surface area contributed by atoms with Crippen LogP contribution in [0.25, 0.3) is 72.7 Å². The third-order valence-corrected chi connectivity index (χ3v) is 12.3. The van der Waals surface area contributed by atoms with E-state index in [1.165, 1.54) is 11.1 Å². The molecular formula is C54H50N3OPt-. The summed E-state index contributed by atoms with van der Waals surface area (Å²) in [7, 11) is 0. The van der Waals surface area contributed by atoms with Gasteiger partial charge in [-0.15, -0.1) is 29.3 Å². The van der Waals surface area contributed by atoms with Crippen LogP contribution in [0.1, 0.15) is 78.0 Å². The molecule has 6 aromatic carbocycles. The van der Waals surface area contributed by atoms with Gasteiger partial charge in [0, 0.05) is 44.1 Å². The van der Waals surface area contributed by atoms with Crippen LogP contribution < -0.4 is 0 Å². The van der Waals surface area contributed by atoms with Gasteiger partial charge in [-0.2, -0.15) is 0 Å². The van der Waals surface area contributed by atoms with Crippen LogP contribution in [0.15, 0.2) is 146 Å². The van der Waals surface area contributed by atoms with Crippen molar-refractivity contribution in [3.05, 3.63) is 168 Å². The molecule has 4 nitrogen and oxygen atoms in total. The average molecular weight is 952 g/mol. The van der Waals surface area contributed by atoms with Crippen LogP contribution in [-0.4, -0.2) is 19.6 Å². The minimum absolute atomic E-state index is 0. The predicted molar refractivity (Wildman–Crippen MR) is 241 cm³/mol. The Hall–Kier alpha value is -5.57. The molecule has 9 rings (SSSR count). The number of nitrogens with zero attached hydrogens (tertiary/aromatic N) is 3. The fraction of sp³-hybridized carbons (Fsp3) is 0.222. The number of aromatic nitrogens is 3. The van der Waals surface area contributed by atoms with Gasteiger partial charge in [-0.25, -0.2) is 4.98 Å². The molecule has 0 amide bonds. The second kappa shape index (κ2) is 15.2. The Kier molecular flexibility index (Phi) is 10.4. The monoisotopic (exact) mass is 951 g/mol. The summed E-state index contributed by atoms with van der Waals surface area (Å²) in [5.74, 6) is 1.02. The van der Waals surface area contributed by atoms with E-state index in [0.29, 0.717) is 11.6 Å². The average Bonchev–Trinajstić information content (AvgIpc) is 3.62. The van der Waals surface area contributed by atoms with Crippen LogP contribution in [0.4, 0.5) is 0 Å². The summed E-state index contributed by atoms with van der Waals surface area (Å²) in [6, 6.07) is 52.8. The summed E-state index contributed by atoms with van der Waals surface area (Å²) < 4.78 is 2.25. The van der Waals surface area contributed by atoms with Crippen molar-refractivity contribution in [2.24, 2.45) is 0 Å². The first-order chi connectivity index (χ1) is 27.8. The number of para-hydroxylation sites is 2. The van der Waals surface area contributed by atoms with Gasteiger partial charge in [-0.05, 0) is 75.6 Å². The molecule has 0 spiro atoms. The van der Waals surface area contributed by atoms with E-state index >= 15 is 0 Å². The SMILES string of the molecule is CC(C)(C)c1cc(-c2cc(-c3ccccc3)ccn2)[c-]c(-c2cccc3c2nc(-c2ccc4c(c2O)C(C)(C)CCC4(C)C)n3-c2ccccc2-c2ccccc2)c1.[Pt]. The number of imidazole rings is 1. The van der Waals surface area contributed by atoms with Crippen molar-refractivity contribution in [2.45, 2.75) is 77.6 Å². The largest absolute Gasteiger partial charge is 0.507 e. The van der Waals surface area contributed by atoms with E-state index in [0.717, 1.165) is 85.3 Å². The molecule has 1 aliphatic carbocycles. The Balaban J connectivity index is 0.00000484. The third kappa shape index (κ3) is 7.27. The Bertz CT molecular complexity index is 2830. The molecule has 0 fully saturated rings. The van der Waals surface area contributed by atoms with Crippen molar-refractivity contribution in [3.63, 3.8) is 0 Å². The molecule has 0 unspecified atom stereocenters. The van der Waals surface area contributed by atoms with Gasteiger partial charge in [-0.1, -0.05) is 163 Å². The van der Waals surface area contributed by atoms with Gasteiger partial charge in [0.25, 0.3) is 0 Å². The van der Waals surface area contributed by atoms with Gasteiger partial charge < -0.3 is 5.11 Å². The van der Waals surface area contributed by atoms with Gasteiger partial charge in [0.2, 0.25) is 0 Å². The second-order valence-corrected chi connectivity index (χ2v) is 18.2. The number of phenolic OH excluding ortho intramolecular Hbond substituents is 1. The third-order valence-electron chi connectivity index (χ3n) is 12.3. The molecule has 59 heavy (non-hydrogen) atoms. The summed E-state index contributed by atoms with van der Waals surface area (Å²) in [6.45, 7) is 15.9. The topological polar surface area (TPSA) is 50.9 Å². The van der Waals surface area contributed by atoms with Gasteiger partial charge in [0.15, 0.2) is 0 Å². The van der Waals surface area contributed by atoms with Crippen molar-refractivity contribution in [2.75, 3.05) is 0 Å². The van der Waals surface area contributed by atoms with Gasteiger partial charge in [-0.3, -0.25) is 9.55 Å². The van der Waals surface area contributed by atoms with Crippen LogP contribution in [0.3, 0.4) is 0 Å². The van der Waals surface area contributed by atoms with E-state index in [-0.39, 0.29) is 37.3 Å². The Labute approximate surface area is 363 Å². The fourth-order valence-electron chi connectivity index (χ4n) is 8.85. The minimum atomic E-state index is -0.195. The van der Waals surface area contributed by atoms with Crippen LogP contribution in [0.5, 0.6) is 5.75 Å². The maximum Gasteiger partial charge on any atom is 0.148 e. The minimum Gasteiger partial charge on any atom is -0.507 e. The first kappa shape index (κ1) is 40.2. The van der Waals surface area contributed by atoms with E-state index in [2.05, 4.69) is 193 Å². The number of hydrogen-bond acceptors (Lipinski definition) is 3. The van der Waals surface area contributed by atoms with E-state index in [1.807, 2.05) is 12.3 Å². The Morgan fingerprint density at radius 2 is 1.27 bits per heavy atom. The first-order valence-electron chi connectivity index (χ1n) is 20.4. The number of benzene rings is 6. The molecule has 0 radical (unpaired) electrons. The first-order valence-corrected chi connectivity index (χ1v) is 20.4. The van der Waals surface area contributed by atoms with Crippen LogP contribution in [0.2, 0.25) is 0 Å². The fourth-order valence-corrected chi connectivity index (χ4v) is 8.85. The van der Waals surface area contributed by atoms with E-state index in [1.54, 1.807) is 0 Å². The van der Waals surface area contributed by atoms with E-state index < -0.39 is 0 Å². The standard InChI is InChI=1S/C54H50N3O.Pt/c1-52(2,3)40-32-38(31-39(33-40)45-34-37(27-30-55-45)35-17-10-8-11-18-35)42-22-16-24-47-49(42)56-51(57(47)46-23-15-14-21-41(46)36-19-12-9-13-20-36)43-25-26-44-48(50(43)58)54(6,7)29-28-53(44,4)5;/h8-27,30,32-34,58H,28-29H2,1-7H3;/q-1;. The molecule has 2 heterocycles. The summed E-state index contributed by atoms with van der Waals surface area (Å²) in [5.41, 5.74) is 14.7. The Morgan fingerprint density at radius 3 is 2.00 bits per heavy atom. The summed E-state index contributed by atoms with van der Waals surface area (Å²) >= 11 is 0. The van der Waals surface area contributed by atoms with Crippen molar-refractivity contribution in [3.8, 4) is 67.5 Å². The molecule has 0 atom stereocenters. The maximum absolute atomic E-state index is 12.6. The van der Waals surface area contributed by atoms with Crippen molar-refractivity contribution >= 4 is 11.0 Å². The zero-order valence-corrected chi connectivity index (χ0v) is 37.1. The molecule has 1 aliphatic rings. The second-order valence-electron chi connectivity index (χ2n) is 18.2. The summed E-state index contributed by atoms with van der Waals surface area (Å²) in [5, 5.41) is 12.6. The maximum atomic E-state index is 12.6. The predicted octanol–water partition coefficient (Wildman–Crippen LogP) is 13.9. The quantitative estimate of drug-likeness (QED) is 0.169. The molecule has 0 saturated heterocycles. The van der Waals surface area contributed by atoms with Gasteiger partial charge in [0.1, 0.15) is 11.6 Å². The Morgan fingerprint density at radius 1 is 0.627 bits per heavy atom. The molecule has 5 heteroatoms.